The Kier molecular flexibility index (Phi) is 4.58. The molecule has 3 atom stereocenters. The van der Waals surface area contributed by atoms with Gasteiger partial charge in [0.2, 0.25) is 0 Å². The maximum absolute atomic E-state index is 8.88. The summed E-state index contributed by atoms with van der Waals surface area (Å²) in [4.78, 5) is 2.45. The maximum Gasteiger partial charge on any atom is 0.173 e. The fraction of sp³-hybridized carbons (Fsp3) is 1.00. The fourth-order valence-electron chi connectivity index (χ4n) is 2.69. The van der Waals surface area contributed by atoms with Crippen molar-refractivity contribution in [1.82, 2.24) is 4.90 Å². The Morgan fingerprint density at radius 3 is 3.00 bits per heavy atom. The molecule has 4 heteroatoms. The Balaban J connectivity index is 1.86. The number of likely N-dealkylation sites (N-methyl/N-ethyl adjacent to an activating group) is 1. The van der Waals surface area contributed by atoms with Gasteiger partial charge in [0, 0.05) is 6.61 Å². The van der Waals surface area contributed by atoms with Crippen LogP contribution in [0.2, 0.25) is 0 Å². The summed E-state index contributed by atoms with van der Waals surface area (Å²) in [5, 5.41) is 8.88. The lowest BCUT2D eigenvalue weighted by Crippen LogP contribution is -2.47. The van der Waals surface area contributed by atoms with Gasteiger partial charge in [0.1, 0.15) is 0 Å². The van der Waals surface area contributed by atoms with Crippen molar-refractivity contribution in [3.8, 4) is 0 Å². The van der Waals surface area contributed by atoms with Crippen LogP contribution < -0.4 is 0 Å². The standard InChI is InChI=1S/C12H23NO3/c1-2-13-7-4-3-5-11(13)12-15-9-10(16-12)6-8-14/h10-12,14H,2-9H2,1H3. The largest absolute Gasteiger partial charge is 0.396 e. The Bertz CT molecular complexity index is 212. The average Bonchev–Trinajstić information content (AvgIpc) is 2.78. The molecule has 0 radical (unpaired) electrons. The predicted octanol–water partition coefficient (Wildman–Crippen LogP) is 0.985. The van der Waals surface area contributed by atoms with Crippen LogP contribution in [-0.4, -0.2) is 54.7 Å². The third-order valence-electron chi connectivity index (χ3n) is 3.61. The van der Waals surface area contributed by atoms with Gasteiger partial charge in [-0.05, 0) is 32.4 Å². The third-order valence-corrected chi connectivity index (χ3v) is 3.61. The molecule has 0 amide bonds. The smallest absolute Gasteiger partial charge is 0.173 e. The summed E-state index contributed by atoms with van der Waals surface area (Å²) in [6.45, 7) is 5.24. The number of aliphatic hydroxyl groups is 1. The van der Waals surface area contributed by atoms with E-state index in [-0.39, 0.29) is 19.0 Å². The lowest BCUT2D eigenvalue weighted by molar-refractivity contribution is -0.120. The minimum atomic E-state index is -0.0724. The lowest BCUT2D eigenvalue weighted by Gasteiger charge is -2.37. The summed E-state index contributed by atoms with van der Waals surface area (Å²) in [6.07, 6.45) is 4.44. The summed E-state index contributed by atoms with van der Waals surface area (Å²) in [5.41, 5.74) is 0. The van der Waals surface area contributed by atoms with E-state index in [0.717, 1.165) is 13.1 Å². The zero-order valence-electron chi connectivity index (χ0n) is 10.1. The van der Waals surface area contributed by atoms with Crippen molar-refractivity contribution < 1.29 is 14.6 Å². The topological polar surface area (TPSA) is 41.9 Å². The minimum Gasteiger partial charge on any atom is -0.396 e. The summed E-state index contributed by atoms with van der Waals surface area (Å²) in [6, 6.07) is 0.419. The first kappa shape index (κ1) is 12.3. The van der Waals surface area contributed by atoms with Crippen molar-refractivity contribution in [1.29, 1.82) is 0 Å². The van der Waals surface area contributed by atoms with Crippen molar-refractivity contribution >= 4 is 0 Å². The Morgan fingerprint density at radius 2 is 2.25 bits per heavy atom. The SMILES string of the molecule is CCN1CCCCC1C1OCC(CCO)O1. The quantitative estimate of drug-likeness (QED) is 0.780. The zero-order valence-corrected chi connectivity index (χ0v) is 10.1. The molecule has 0 saturated carbocycles. The Morgan fingerprint density at radius 1 is 1.38 bits per heavy atom. The van der Waals surface area contributed by atoms with Gasteiger partial charge in [0.15, 0.2) is 6.29 Å². The number of aliphatic hydroxyl groups excluding tert-OH is 1. The molecular formula is C12H23NO3. The second-order valence-corrected chi connectivity index (χ2v) is 4.66. The molecule has 0 spiro atoms. The van der Waals surface area contributed by atoms with Gasteiger partial charge >= 0.3 is 0 Å². The summed E-state index contributed by atoms with van der Waals surface area (Å²) in [7, 11) is 0. The number of piperidine rings is 1. The Hall–Kier alpha value is -0.160. The van der Waals surface area contributed by atoms with Crippen molar-refractivity contribution in [3.63, 3.8) is 0 Å². The molecule has 2 heterocycles. The van der Waals surface area contributed by atoms with Crippen molar-refractivity contribution in [2.45, 2.75) is 51.0 Å². The molecule has 0 bridgehead atoms. The van der Waals surface area contributed by atoms with Crippen LogP contribution in [0.4, 0.5) is 0 Å². The fourth-order valence-corrected chi connectivity index (χ4v) is 2.69. The molecule has 1 N–H and O–H groups in total. The van der Waals surface area contributed by atoms with Gasteiger partial charge in [-0.3, -0.25) is 4.90 Å². The monoisotopic (exact) mass is 229 g/mol. The molecule has 2 aliphatic heterocycles. The summed E-state index contributed by atoms with van der Waals surface area (Å²) >= 11 is 0. The first-order valence-electron chi connectivity index (χ1n) is 6.47. The van der Waals surface area contributed by atoms with E-state index in [9.17, 15) is 0 Å². The molecule has 0 aromatic heterocycles. The molecule has 0 aromatic carbocycles. The molecule has 0 aliphatic carbocycles. The maximum atomic E-state index is 8.88. The van der Waals surface area contributed by atoms with Gasteiger partial charge < -0.3 is 14.6 Å². The minimum absolute atomic E-state index is 0.0724. The van der Waals surface area contributed by atoms with E-state index in [0.29, 0.717) is 19.1 Å². The molecule has 2 rings (SSSR count). The molecule has 0 aromatic rings. The van der Waals surface area contributed by atoms with Crippen LogP contribution in [0, 0.1) is 0 Å². The van der Waals surface area contributed by atoms with Crippen LogP contribution >= 0.6 is 0 Å². The second kappa shape index (κ2) is 5.96. The van der Waals surface area contributed by atoms with E-state index >= 15 is 0 Å². The number of rotatable bonds is 4. The predicted molar refractivity (Wildman–Crippen MR) is 61.2 cm³/mol. The number of ether oxygens (including phenoxy) is 2. The van der Waals surface area contributed by atoms with Crippen molar-refractivity contribution in [2.75, 3.05) is 26.3 Å². The van der Waals surface area contributed by atoms with E-state index in [4.69, 9.17) is 14.6 Å². The van der Waals surface area contributed by atoms with Gasteiger partial charge in [-0.1, -0.05) is 13.3 Å². The highest BCUT2D eigenvalue weighted by atomic mass is 16.7. The second-order valence-electron chi connectivity index (χ2n) is 4.66. The Labute approximate surface area is 97.5 Å². The third kappa shape index (κ3) is 2.74. The summed E-state index contributed by atoms with van der Waals surface area (Å²) in [5.74, 6) is 0. The van der Waals surface area contributed by atoms with Gasteiger partial charge in [-0.15, -0.1) is 0 Å². The molecule has 16 heavy (non-hydrogen) atoms. The number of hydrogen-bond acceptors (Lipinski definition) is 4. The highest BCUT2D eigenvalue weighted by Crippen LogP contribution is 2.26. The normalized spacial score (nSPS) is 36.8. The molecular weight excluding hydrogens is 206 g/mol. The molecule has 3 unspecified atom stereocenters. The first-order chi connectivity index (χ1) is 7.85. The lowest BCUT2D eigenvalue weighted by atomic mass is 10.0. The summed E-state index contributed by atoms with van der Waals surface area (Å²) < 4.78 is 11.6. The number of likely N-dealkylation sites (tertiary alicyclic amines) is 1. The van der Waals surface area contributed by atoms with E-state index in [2.05, 4.69) is 11.8 Å². The number of hydrogen-bond donors (Lipinski definition) is 1. The number of nitrogens with zero attached hydrogens (tertiary/aromatic N) is 1. The van der Waals surface area contributed by atoms with E-state index in [1.165, 1.54) is 19.3 Å². The highest BCUT2D eigenvalue weighted by Gasteiger charge is 2.36. The molecule has 2 aliphatic rings. The average molecular weight is 229 g/mol. The molecule has 2 fully saturated rings. The van der Waals surface area contributed by atoms with Gasteiger partial charge in [-0.25, -0.2) is 0 Å². The van der Waals surface area contributed by atoms with Crippen LogP contribution in [0.15, 0.2) is 0 Å². The van der Waals surface area contributed by atoms with Gasteiger partial charge in [-0.2, -0.15) is 0 Å². The molecule has 4 nitrogen and oxygen atoms in total. The van der Waals surface area contributed by atoms with Crippen molar-refractivity contribution in [2.24, 2.45) is 0 Å². The van der Waals surface area contributed by atoms with Gasteiger partial charge in [0.25, 0.3) is 0 Å². The molecule has 94 valence electrons. The molecule has 2 saturated heterocycles. The van der Waals surface area contributed by atoms with Crippen LogP contribution in [0.25, 0.3) is 0 Å². The van der Waals surface area contributed by atoms with Crippen LogP contribution in [-0.2, 0) is 9.47 Å². The van der Waals surface area contributed by atoms with Crippen molar-refractivity contribution in [3.05, 3.63) is 0 Å². The van der Waals surface area contributed by atoms with Crippen LogP contribution in [0.3, 0.4) is 0 Å². The van der Waals surface area contributed by atoms with Gasteiger partial charge in [0.05, 0.1) is 18.8 Å². The van der Waals surface area contributed by atoms with E-state index < -0.39 is 0 Å². The van der Waals surface area contributed by atoms with Crippen LogP contribution in [0.1, 0.15) is 32.6 Å². The zero-order chi connectivity index (χ0) is 11.4. The van der Waals surface area contributed by atoms with Crippen LogP contribution in [0.5, 0.6) is 0 Å². The highest BCUT2D eigenvalue weighted by molar-refractivity contribution is 4.82. The van der Waals surface area contributed by atoms with E-state index in [1.54, 1.807) is 0 Å². The first-order valence-corrected chi connectivity index (χ1v) is 6.47. The van der Waals surface area contributed by atoms with E-state index in [1.807, 2.05) is 0 Å².